The van der Waals surface area contributed by atoms with Crippen molar-refractivity contribution in [2.24, 2.45) is 0 Å². The van der Waals surface area contributed by atoms with Crippen LogP contribution < -0.4 is 5.32 Å². The number of carbonyl (C=O) groups excluding carboxylic acids is 2. The van der Waals surface area contributed by atoms with Gasteiger partial charge in [0.25, 0.3) is 0 Å². The topological polar surface area (TPSA) is 133 Å². The zero-order valence-corrected chi connectivity index (χ0v) is 12.1. The Hall–Kier alpha value is -2.49. The number of esters is 2. The molecule has 120 valence electrons. The van der Waals surface area contributed by atoms with Gasteiger partial charge in [0.15, 0.2) is 5.69 Å². The molecule has 1 aromatic heterocycles. The number of nitrogens with zero attached hydrogens (tertiary/aromatic N) is 3. The first kappa shape index (κ1) is 15.9. The van der Waals surface area contributed by atoms with Gasteiger partial charge in [-0.3, -0.25) is 4.79 Å². The van der Waals surface area contributed by atoms with E-state index in [4.69, 9.17) is 5.11 Å². The van der Waals surface area contributed by atoms with Crippen molar-refractivity contribution in [2.45, 2.75) is 24.9 Å². The number of carbonyl (C=O) groups is 3. The van der Waals surface area contributed by atoms with Crippen molar-refractivity contribution in [3.8, 4) is 0 Å². The Morgan fingerprint density at radius 3 is 2.41 bits per heavy atom. The Labute approximate surface area is 125 Å². The molecule has 1 aliphatic heterocycles. The molecule has 0 aliphatic carbocycles. The van der Waals surface area contributed by atoms with Crippen LogP contribution in [0.3, 0.4) is 0 Å². The minimum absolute atomic E-state index is 0.102. The van der Waals surface area contributed by atoms with Crippen molar-refractivity contribution >= 4 is 17.9 Å². The first-order valence-corrected chi connectivity index (χ1v) is 6.57. The Kier molecular flexibility index (Phi) is 4.71. The first-order valence-electron chi connectivity index (χ1n) is 6.57. The fourth-order valence-corrected chi connectivity index (χ4v) is 2.33. The van der Waals surface area contributed by atoms with Crippen LogP contribution in [0.4, 0.5) is 0 Å². The summed E-state index contributed by atoms with van der Waals surface area (Å²) in [6.07, 6.45) is 0.839. The highest BCUT2D eigenvalue weighted by molar-refractivity contribution is 6.00. The summed E-state index contributed by atoms with van der Waals surface area (Å²) in [5.41, 5.74) is -0.329. The summed E-state index contributed by atoms with van der Waals surface area (Å²) in [5.74, 6) is -2.48. The van der Waals surface area contributed by atoms with Crippen molar-refractivity contribution in [1.82, 2.24) is 20.3 Å². The molecular formula is C12H16N4O6. The van der Waals surface area contributed by atoms with Crippen molar-refractivity contribution < 1.29 is 29.0 Å². The molecule has 10 heteroatoms. The molecule has 1 aromatic rings. The second kappa shape index (κ2) is 6.52. The number of hydrogen-bond donors (Lipinski definition) is 2. The smallest absolute Gasteiger partial charge is 0.361 e. The average Bonchev–Trinajstić information content (AvgIpc) is 2.98. The maximum absolute atomic E-state index is 11.9. The first-order chi connectivity index (χ1) is 10.5. The number of methoxy groups -OCH3 is 2. The van der Waals surface area contributed by atoms with Gasteiger partial charge in [-0.15, -0.1) is 5.10 Å². The monoisotopic (exact) mass is 312 g/mol. The van der Waals surface area contributed by atoms with Crippen LogP contribution in [0, 0.1) is 0 Å². The molecular weight excluding hydrogens is 296 g/mol. The molecule has 0 saturated carbocycles. The number of rotatable bonds is 4. The number of aliphatic carboxylic acids is 1. The Bertz CT molecular complexity index is 590. The maximum Gasteiger partial charge on any atom is 0.361 e. The summed E-state index contributed by atoms with van der Waals surface area (Å²) in [6.45, 7) is 0.283. The van der Waals surface area contributed by atoms with Crippen LogP contribution >= 0.6 is 0 Å². The molecule has 2 unspecified atom stereocenters. The molecule has 10 nitrogen and oxygen atoms in total. The van der Waals surface area contributed by atoms with Crippen LogP contribution in [-0.4, -0.2) is 64.8 Å². The second-order valence-corrected chi connectivity index (χ2v) is 4.74. The second-order valence-electron chi connectivity index (χ2n) is 4.74. The fraction of sp³-hybridized carbons (Fsp3) is 0.583. The lowest BCUT2D eigenvalue weighted by Gasteiger charge is -2.27. The third-order valence-electron chi connectivity index (χ3n) is 3.48. The van der Waals surface area contributed by atoms with Crippen LogP contribution in [0.2, 0.25) is 0 Å². The fourth-order valence-electron chi connectivity index (χ4n) is 2.33. The Morgan fingerprint density at radius 2 is 1.91 bits per heavy atom. The van der Waals surface area contributed by atoms with Crippen molar-refractivity contribution in [3.63, 3.8) is 0 Å². The number of nitrogens with one attached hydrogen (secondary N) is 1. The highest BCUT2D eigenvalue weighted by Crippen LogP contribution is 2.22. The highest BCUT2D eigenvalue weighted by Gasteiger charge is 2.33. The number of aromatic nitrogens is 3. The molecule has 1 aliphatic rings. The lowest BCUT2D eigenvalue weighted by atomic mass is 10.0. The van der Waals surface area contributed by atoms with E-state index in [-0.39, 0.29) is 24.0 Å². The van der Waals surface area contributed by atoms with E-state index in [1.54, 1.807) is 0 Å². The van der Waals surface area contributed by atoms with E-state index in [0.29, 0.717) is 12.8 Å². The summed E-state index contributed by atoms with van der Waals surface area (Å²) in [7, 11) is 2.35. The molecule has 2 N–H and O–H groups in total. The third-order valence-corrected chi connectivity index (χ3v) is 3.48. The average molecular weight is 312 g/mol. The zero-order chi connectivity index (χ0) is 16.3. The summed E-state index contributed by atoms with van der Waals surface area (Å²) in [4.78, 5) is 34.5. The molecule has 2 rings (SSSR count). The summed E-state index contributed by atoms with van der Waals surface area (Å²) < 4.78 is 10.5. The SMILES string of the molecule is COC(=O)c1nnn(C2CCC(C(=O)O)NC2)c1C(=O)OC. The molecule has 2 atom stereocenters. The van der Waals surface area contributed by atoms with Gasteiger partial charge in [-0.1, -0.05) is 5.21 Å². The molecule has 22 heavy (non-hydrogen) atoms. The van der Waals surface area contributed by atoms with E-state index < -0.39 is 23.9 Å². The maximum atomic E-state index is 11.9. The number of hydrogen-bond acceptors (Lipinski definition) is 8. The number of ether oxygens (including phenoxy) is 2. The van der Waals surface area contributed by atoms with Gasteiger partial charge in [0.2, 0.25) is 5.69 Å². The molecule has 0 radical (unpaired) electrons. The lowest BCUT2D eigenvalue weighted by molar-refractivity contribution is -0.140. The Balaban J connectivity index is 2.28. The van der Waals surface area contributed by atoms with Gasteiger partial charge >= 0.3 is 17.9 Å². The predicted molar refractivity (Wildman–Crippen MR) is 70.4 cm³/mol. The van der Waals surface area contributed by atoms with E-state index in [1.807, 2.05) is 0 Å². The van der Waals surface area contributed by atoms with Crippen LogP contribution in [0.25, 0.3) is 0 Å². The molecule has 2 heterocycles. The van der Waals surface area contributed by atoms with Crippen LogP contribution in [0.5, 0.6) is 0 Å². The van der Waals surface area contributed by atoms with Gasteiger partial charge in [0.05, 0.1) is 20.3 Å². The van der Waals surface area contributed by atoms with Gasteiger partial charge in [-0.25, -0.2) is 14.3 Å². The molecule has 1 fully saturated rings. The quantitative estimate of drug-likeness (QED) is 0.687. The van der Waals surface area contributed by atoms with Crippen molar-refractivity contribution in [1.29, 1.82) is 0 Å². The zero-order valence-electron chi connectivity index (χ0n) is 12.1. The Morgan fingerprint density at radius 1 is 1.23 bits per heavy atom. The third kappa shape index (κ3) is 2.91. The number of carboxylic acid groups (broad SMARTS) is 1. The molecule has 0 amide bonds. The largest absolute Gasteiger partial charge is 0.480 e. The highest BCUT2D eigenvalue weighted by atomic mass is 16.5. The van der Waals surface area contributed by atoms with E-state index in [9.17, 15) is 14.4 Å². The van der Waals surface area contributed by atoms with E-state index in [0.717, 1.165) is 0 Å². The van der Waals surface area contributed by atoms with Crippen LogP contribution in [0.1, 0.15) is 39.9 Å². The molecule has 0 spiro atoms. The number of carboxylic acids is 1. The van der Waals surface area contributed by atoms with Crippen molar-refractivity contribution in [3.05, 3.63) is 11.4 Å². The molecule has 0 bridgehead atoms. The summed E-state index contributed by atoms with van der Waals surface area (Å²) >= 11 is 0. The van der Waals surface area contributed by atoms with Gasteiger partial charge in [0.1, 0.15) is 6.04 Å². The predicted octanol–water partition coefficient (Wildman–Crippen LogP) is -0.771. The lowest BCUT2D eigenvalue weighted by Crippen LogP contribution is -2.45. The molecule has 0 aromatic carbocycles. The number of piperidine rings is 1. The van der Waals surface area contributed by atoms with E-state index >= 15 is 0 Å². The van der Waals surface area contributed by atoms with Gasteiger partial charge in [-0.2, -0.15) is 0 Å². The van der Waals surface area contributed by atoms with Crippen LogP contribution in [-0.2, 0) is 14.3 Å². The van der Waals surface area contributed by atoms with E-state index in [2.05, 4.69) is 25.1 Å². The van der Waals surface area contributed by atoms with Crippen LogP contribution in [0.15, 0.2) is 0 Å². The summed E-state index contributed by atoms with van der Waals surface area (Å²) in [5, 5.41) is 19.3. The molecule has 1 saturated heterocycles. The normalized spacial score (nSPS) is 21.2. The van der Waals surface area contributed by atoms with Crippen molar-refractivity contribution in [2.75, 3.05) is 20.8 Å². The standard InChI is InChI=1S/C12H16N4O6/c1-21-11(19)8-9(12(20)22-2)16(15-14-8)6-3-4-7(10(17)18)13-5-6/h6-7,13H,3-5H2,1-2H3,(H,17,18). The van der Waals surface area contributed by atoms with E-state index in [1.165, 1.54) is 18.9 Å². The summed E-state index contributed by atoms with van der Waals surface area (Å²) in [6, 6.07) is -0.947. The minimum Gasteiger partial charge on any atom is -0.480 e. The van der Waals surface area contributed by atoms with Gasteiger partial charge in [0, 0.05) is 6.54 Å². The minimum atomic E-state index is -0.930. The van der Waals surface area contributed by atoms with Gasteiger partial charge in [-0.05, 0) is 12.8 Å². The van der Waals surface area contributed by atoms with Gasteiger partial charge < -0.3 is 19.9 Å².